The number of hydrogen-bond donors (Lipinski definition) is 0. The number of carbonyl (C=O) groups excluding carboxylic acids is 1. The lowest BCUT2D eigenvalue weighted by Crippen LogP contribution is -2.38. The predicted octanol–water partition coefficient (Wildman–Crippen LogP) is 3.18. The van der Waals surface area contributed by atoms with Crippen molar-refractivity contribution in [1.82, 2.24) is 4.90 Å². The Morgan fingerprint density at radius 1 is 1.04 bits per heavy atom. The Kier molecular flexibility index (Phi) is 6.63. The molecule has 26 heavy (non-hydrogen) atoms. The van der Waals surface area contributed by atoms with Crippen LogP contribution in [0, 0.1) is 0 Å². The van der Waals surface area contributed by atoms with Crippen LogP contribution < -0.4 is 9.47 Å². The summed E-state index contributed by atoms with van der Waals surface area (Å²) in [6.45, 7) is 6.83. The molecule has 1 saturated heterocycles. The van der Waals surface area contributed by atoms with Crippen LogP contribution in [0.4, 0.5) is 0 Å². The van der Waals surface area contributed by atoms with Gasteiger partial charge in [-0.2, -0.15) is 0 Å². The van der Waals surface area contributed by atoms with E-state index in [0.717, 1.165) is 38.4 Å². The van der Waals surface area contributed by atoms with Crippen molar-refractivity contribution in [3.63, 3.8) is 0 Å². The van der Waals surface area contributed by atoms with Gasteiger partial charge in [-0.25, -0.2) is 0 Å². The second-order valence-corrected chi connectivity index (χ2v) is 6.33. The summed E-state index contributed by atoms with van der Waals surface area (Å²) in [6.07, 6.45) is 0. The van der Waals surface area contributed by atoms with Crippen LogP contribution in [0.2, 0.25) is 0 Å². The number of carbonyl (C=O) groups is 1. The molecular formula is C21H25NO4. The SMILES string of the molecule is CC(=O)c1cc(OCCN2CCOCC2)cc(OCc2ccccc2)c1. The van der Waals surface area contributed by atoms with Crippen molar-refractivity contribution in [2.75, 3.05) is 39.5 Å². The van der Waals surface area contributed by atoms with Gasteiger partial charge in [0.05, 0.1) is 13.2 Å². The van der Waals surface area contributed by atoms with Crippen molar-refractivity contribution >= 4 is 5.78 Å². The molecule has 0 spiro atoms. The molecule has 1 fully saturated rings. The smallest absolute Gasteiger partial charge is 0.160 e. The molecule has 0 unspecified atom stereocenters. The van der Waals surface area contributed by atoms with E-state index in [1.807, 2.05) is 36.4 Å². The van der Waals surface area contributed by atoms with Crippen molar-refractivity contribution < 1.29 is 19.0 Å². The van der Waals surface area contributed by atoms with E-state index in [0.29, 0.717) is 30.3 Å². The third-order valence-corrected chi connectivity index (χ3v) is 4.31. The minimum absolute atomic E-state index is 0.00631. The third-order valence-electron chi connectivity index (χ3n) is 4.31. The zero-order valence-corrected chi connectivity index (χ0v) is 15.1. The van der Waals surface area contributed by atoms with Crippen molar-refractivity contribution in [3.8, 4) is 11.5 Å². The Morgan fingerprint density at radius 2 is 1.73 bits per heavy atom. The van der Waals surface area contributed by atoms with Crippen LogP contribution in [0.3, 0.4) is 0 Å². The molecule has 0 aliphatic carbocycles. The number of rotatable bonds is 8. The summed E-state index contributed by atoms with van der Waals surface area (Å²) in [5, 5.41) is 0. The summed E-state index contributed by atoms with van der Waals surface area (Å²) < 4.78 is 17.1. The minimum Gasteiger partial charge on any atom is -0.492 e. The van der Waals surface area contributed by atoms with Gasteiger partial charge in [-0.15, -0.1) is 0 Å². The van der Waals surface area contributed by atoms with E-state index < -0.39 is 0 Å². The van der Waals surface area contributed by atoms with Gasteiger partial charge in [0.15, 0.2) is 5.78 Å². The fourth-order valence-electron chi connectivity index (χ4n) is 2.80. The Bertz CT molecular complexity index is 711. The highest BCUT2D eigenvalue weighted by atomic mass is 16.5. The Balaban J connectivity index is 1.60. The normalized spacial score (nSPS) is 14.8. The number of morpholine rings is 1. The van der Waals surface area contributed by atoms with Gasteiger partial charge >= 0.3 is 0 Å². The lowest BCUT2D eigenvalue weighted by molar-refractivity contribution is 0.0322. The van der Waals surface area contributed by atoms with Crippen LogP contribution in [0.5, 0.6) is 11.5 Å². The van der Waals surface area contributed by atoms with Gasteiger partial charge in [0.1, 0.15) is 24.7 Å². The van der Waals surface area contributed by atoms with Gasteiger partial charge in [0.25, 0.3) is 0 Å². The molecule has 138 valence electrons. The largest absolute Gasteiger partial charge is 0.492 e. The van der Waals surface area contributed by atoms with E-state index in [1.54, 1.807) is 19.1 Å². The lowest BCUT2D eigenvalue weighted by atomic mass is 10.1. The molecule has 1 heterocycles. The van der Waals surface area contributed by atoms with Gasteiger partial charge in [-0.1, -0.05) is 30.3 Å². The molecule has 0 N–H and O–H groups in total. The van der Waals surface area contributed by atoms with Gasteiger partial charge in [-0.3, -0.25) is 9.69 Å². The number of Topliss-reactive ketones (excluding diaryl/α,β-unsaturated/α-hetero) is 1. The zero-order valence-electron chi connectivity index (χ0n) is 15.1. The van der Waals surface area contributed by atoms with Gasteiger partial charge < -0.3 is 14.2 Å². The van der Waals surface area contributed by atoms with E-state index in [9.17, 15) is 4.79 Å². The molecular weight excluding hydrogens is 330 g/mol. The van der Waals surface area contributed by atoms with E-state index in [-0.39, 0.29) is 5.78 Å². The fourth-order valence-corrected chi connectivity index (χ4v) is 2.80. The second kappa shape index (κ2) is 9.36. The number of hydrogen-bond acceptors (Lipinski definition) is 5. The van der Waals surface area contributed by atoms with Crippen LogP contribution in [0.1, 0.15) is 22.8 Å². The topological polar surface area (TPSA) is 48.0 Å². The van der Waals surface area contributed by atoms with E-state index in [2.05, 4.69) is 4.90 Å². The summed E-state index contributed by atoms with van der Waals surface area (Å²) in [6, 6.07) is 15.3. The first kappa shape index (κ1) is 18.4. The highest BCUT2D eigenvalue weighted by Gasteiger charge is 2.11. The molecule has 0 atom stereocenters. The maximum atomic E-state index is 11.8. The van der Waals surface area contributed by atoms with Crippen LogP contribution in [-0.4, -0.2) is 50.1 Å². The molecule has 2 aromatic carbocycles. The number of ether oxygens (including phenoxy) is 3. The monoisotopic (exact) mass is 355 g/mol. The molecule has 0 bridgehead atoms. The highest BCUT2D eigenvalue weighted by Crippen LogP contribution is 2.24. The van der Waals surface area contributed by atoms with Crippen molar-refractivity contribution in [1.29, 1.82) is 0 Å². The van der Waals surface area contributed by atoms with E-state index in [4.69, 9.17) is 14.2 Å². The summed E-state index contributed by atoms with van der Waals surface area (Å²) in [5.41, 5.74) is 1.67. The third kappa shape index (κ3) is 5.58. The molecule has 2 aromatic rings. The Labute approximate surface area is 154 Å². The molecule has 5 nitrogen and oxygen atoms in total. The summed E-state index contributed by atoms with van der Waals surface area (Å²) >= 11 is 0. The van der Waals surface area contributed by atoms with Crippen LogP contribution >= 0.6 is 0 Å². The molecule has 0 aromatic heterocycles. The number of ketones is 1. The standard InChI is InChI=1S/C21H25NO4/c1-17(23)19-13-20(25-12-9-22-7-10-24-11-8-22)15-21(14-19)26-16-18-5-3-2-4-6-18/h2-6,13-15H,7-12,16H2,1H3. The zero-order chi connectivity index (χ0) is 18.2. The Morgan fingerprint density at radius 3 is 2.42 bits per heavy atom. The van der Waals surface area contributed by atoms with Crippen molar-refractivity contribution in [3.05, 3.63) is 59.7 Å². The first-order valence-corrected chi connectivity index (χ1v) is 8.96. The average Bonchev–Trinajstić information content (AvgIpc) is 2.68. The minimum atomic E-state index is -0.00631. The van der Waals surface area contributed by atoms with Gasteiger partial charge in [0.2, 0.25) is 0 Å². The van der Waals surface area contributed by atoms with Crippen LogP contribution in [-0.2, 0) is 11.3 Å². The summed E-state index contributed by atoms with van der Waals surface area (Å²) in [4.78, 5) is 14.1. The maximum absolute atomic E-state index is 11.8. The molecule has 1 aliphatic rings. The lowest BCUT2D eigenvalue weighted by Gasteiger charge is -2.26. The highest BCUT2D eigenvalue weighted by molar-refractivity contribution is 5.94. The molecule has 0 amide bonds. The first-order valence-electron chi connectivity index (χ1n) is 8.96. The molecule has 0 radical (unpaired) electrons. The molecule has 3 rings (SSSR count). The van der Waals surface area contributed by atoms with Crippen molar-refractivity contribution in [2.45, 2.75) is 13.5 Å². The molecule has 1 aliphatic heterocycles. The molecule has 5 heteroatoms. The first-order chi connectivity index (χ1) is 12.7. The van der Waals surface area contributed by atoms with Gasteiger partial charge in [0, 0.05) is 31.3 Å². The van der Waals surface area contributed by atoms with Crippen LogP contribution in [0.25, 0.3) is 0 Å². The fraction of sp³-hybridized carbons (Fsp3) is 0.381. The van der Waals surface area contributed by atoms with Crippen LogP contribution in [0.15, 0.2) is 48.5 Å². The molecule has 0 saturated carbocycles. The maximum Gasteiger partial charge on any atom is 0.160 e. The summed E-state index contributed by atoms with van der Waals surface area (Å²) in [7, 11) is 0. The second-order valence-electron chi connectivity index (χ2n) is 6.33. The quantitative estimate of drug-likeness (QED) is 0.681. The van der Waals surface area contributed by atoms with E-state index in [1.165, 1.54) is 0 Å². The number of nitrogens with zero attached hydrogens (tertiary/aromatic N) is 1. The van der Waals surface area contributed by atoms with Crippen molar-refractivity contribution in [2.24, 2.45) is 0 Å². The van der Waals surface area contributed by atoms with Gasteiger partial charge in [-0.05, 0) is 24.6 Å². The average molecular weight is 355 g/mol. The summed E-state index contributed by atoms with van der Waals surface area (Å²) in [5.74, 6) is 1.30. The van der Waals surface area contributed by atoms with E-state index >= 15 is 0 Å². The number of benzene rings is 2. The predicted molar refractivity (Wildman–Crippen MR) is 100.0 cm³/mol. The Hall–Kier alpha value is -2.37.